The van der Waals surface area contributed by atoms with Crippen LogP contribution in [0.4, 0.5) is 11.6 Å². The van der Waals surface area contributed by atoms with Gasteiger partial charge in [-0.15, -0.1) is 0 Å². The van der Waals surface area contributed by atoms with Crippen LogP contribution in [0.5, 0.6) is 0 Å². The van der Waals surface area contributed by atoms with Gasteiger partial charge < -0.3 is 16.0 Å². The standard InChI is InChI=1S/C28H30ClN7O2/c1-20(37)31-13-14-32-24-17-25(35-27(34-24)21-7-3-2-4-8-21)33-26(38)18-36-15-11-28(19-30,12-16-36)22-9-5-6-10-23(22)29/h2-10,17H,11-16,18H2,1H3,(H,31,37)(H2,32,33,34,35,38). The molecule has 3 N–H and O–H groups in total. The molecule has 196 valence electrons. The summed E-state index contributed by atoms with van der Waals surface area (Å²) in [6, 6.07) is 21.1. The number of nitriles is 1. The number of nitrogens with zero attached hydrogens (tertiary/aromatic N) is 4. The van der Waals surface area contributed by atoms with Crippen LogP contribution >= 0.6 is 11.6 Å². The van der Waals surface area contributed by atoms with E-state index in [0.717, 1.165) is 11.1 Å². The van der Waals surface area contributed by atoms with E-state index in [-0.39, 0.29) is 18.4 Å². The van der Waals surface area contributed by atoms with Gasteiger partial charge in [0.05, 0.1) is 18.0 Å². The number of anilines is 2. The average molecular weight is 532 g/mol. The molecule has 0 aliphatic carbocycles. The van der Waals surface area contributed by atoms with Crippen LogP contribution in [-0.4, -0.2) is 59.4 Å². The van der Waals surface area contributed by atoms with Gasteiger partial charge in [-0.3, -0.25) is 14.5 Å². The lowest BCUT2D eigenvalue weighted by Gasteiger charge is -2.37. The number of benzene rings is 2. The van der Waals surface area contributed by atoms with E-state index in [4.69, 9.17) is 11.6 Å². The minimum atomic E-state index is -0.652. The second-order valence-electron chi connectivity index (χ2n) is 9.24. The fourth-order valence-corrected chi connectivity index (χ4v) is 4.83. The van der Waals surface area contributed by atoms with E-state index in [2.05, 4.69) is 32.0 Å². The molecule has 0 atom stereocenters. The topological polar surface area (TPSA) is 123 Å². The van der Waals surface area contributed by atoms with Gasteiger partial charge >= 0.3 is 0 Å². The van der Waals surface area contributed by atoms with E-state index in [1.165, 1.54) is 6.92 Å². The molecule has 9 nitrogen and oxygen atoms in total. The summed E-state index contributed by atoms with van der Waals surface area (Å²) in [6.45, 7) is 3.75. The van der Waals surface area contributed by atoms with Gasteiger partial charge in [-0.05, 0) is 24.5 Å². The van der Waals surface area contributed by atoms with Crippen molar-refractivity contribution in [3.63, 3.8) is 0 Å². The number of piperidine rings is 1. The molecule has 2 aromatic carbocycles. The maximum absolute atomic E-state index is 13.0. The zero-order valence-electron chi connectivity index (χ0n) is 21.2. The molecule has 0 saturated carbocycles. The Morgan fingerprint density at radius 2 is 1.71 bits per heavy atom. The zero-order valence-corrected chi connectivity index (χ0v) is 22.0. The maximum Gasteiger partial charge on any atom is 0.239 e. The molecule has 2 amide bonds. The number of hydrogen-bond acceptors (Lipinski definition) is 7. The second kappa shape index (κ2) is 12.5. The highest BCUT2D eigenvalue weighted by molar-refractivity contribution is 6.31. The molecule has 10 heteroatoms. The van der Waals surface area contributed by atoms with Crippen molar-refractivity contribution in [1.82, 2.24) is 20.2 Å². The van der Waals surface area contributed by atoms with Gasteiger partial charge in [0.2, 0.25) is 11.8 Å². The Kier molecular flexibility index (Phi) is 8.89. The lowest BCUT2D eigenvalue weighted by Crippen LogP contribution is -2.44. The van der Waals surface area contributed by atoms with E-state index in [1.54, 1.807) is 6.07 Å². The van der Waals surface area contributed by atoms with Crippen molar-refractivity contribution in [1.29, 1.82) is 5.26 Å². The zero-order chi connectivity index (χ0) is 27.0. The van der Waals surface area contributed by atoms with Crippen LogP contribution in [0.25, 0.3) is 11.4 Å². The maximum atomic E-state index is 13.0. The van der Waals surface area contributed by atoms with Crippen molar-refractivity contribution in [3.05, 3.63) is 71.2 Å². The van der Waals surface area contributed by atoms with Crippen LogP contribution in [0.1, 0.15) is 25.3 Å². The summed E-state index contributed by atoms with van der Waals surface area (Å²) in [5.41, 5.74) is 1.01. The molecule has 4 rings (SSSR count). The first kappa shape index (κ1) is 27.0. The van der Waals surface area contributed by atoms with Crippen molar-refractivity contribution < 1.29 is 9.59 Å². The van der Waals surface area contributed by atoms with Crippen LogP contribution in [0.15, 0.2) is 60.7 Å². The summed E-state index contributed by atoms with van der Waals surface area (Å²) in [5.74, 6) is 1.08. The van der Waals surface area contributed by atoms with Crippen molar-refractivity contribution in [2.75, 3.05) is 43.4 Å². The molecule has 0 unspecified atom stereocenters. The van der Waals surface area contributed by atoms with E-state index in [0.29, 0.717) is 61.5 Å². The minimum Gasteiger partial charge on any atom is -0.368 e. The number of nitrogens with one attached hydrogen (secondary N) is 3. The van der Waals surface area contributed by atoms with Crippen molar-refractivity contribution in [3.8, 4) is 17.5 Å². The minimum absolute atomic E-state index is 0.107. The summed E-state index contributed by atoms with van der Waals surface area (Å²) in [4.78, 5) is 35.2. The van der Waals surface area contributed by atoms with Gasteiger partial charge in [-0.25, -0.2) is 9.97 Å². The molecule has 1 aromatic heterocycles. The quantitative estimate of drug-likeness (QED) is 0.358. The van der Waals surface area contributed by atoms with E-state index < -0.39 is 5.41 Å². The summed E-state index contributed by atoms with van der Waals surface area (Å²) >= 11 is 6.40. The highest BCUT2D eigenvalue weighted by Crippen LogP contribution is 2.38. The van der Waals surface area contributed by atoms with Gasteiger partial charge in [-0.1, -0.05) is 60.1 Å². The lowest BCUT2D eigenvalue weighted by molar-refractivity contribution is -0.119. The van der Waals surface area contributed by atoms with Crippen LogP contribution in [0, 0.1) is 11.3 Å². The number of aromatic nitrogens is 2. The third-order valence-electron chi connectivity index (χ3n) is 6.51. The van der Waals surface area contributed by atoms with Gasteiger partial charge in [0.25, 0.3) is 0 Å². The largest absolute Gasteiger partial charge is 0.368 e. The SMILES string of the molecule is CC(=O)NCCNc1cc(NC(=O)CN2CCC(C#N)(c3ccccc3Cl)CC2)nc(-c2ccccc2)n1. The third-order valence-corrected chi connectivity index (χ3v) is 6.84. The molecule has 1 aliphatic heterocycles. The first-order chi connectivity index (χ1) is 18.4. The number of hydrogen-bond donors (Lipinski definition) is 3. The fourth-order valence-electron chi connectivity index (χ4n) is 4.52. The predicted octanol–water partition coefficient (Wildman–Crippen LogP) is 3.84. The Balaban J connectivity index is 1.41. The third kappa shape index (κ3) is 6.85. The number of carbonyl (C=O) groups excluding carboxylic acids is 2. The Labute approximate surface area is 227 Å². The van der Waals surface area contributed by atoms with Gasteiger partial charge in [-0.2, -0.15) is 5.26 Å². The normalized spacial score (nSPS) is 14.8. The van der Waals surface area contributed by atoms with E-state index in [1.807, 2.05) is 59.5 Å². The Morgan fingerprint density at radius 3 is 2.39 bits per heavy atom. The molecule has 0 radical (unpaired) electrons. The summed E-state index contributed by atoms with van der Waals surface area (Å²) in [7, 11) is 0. The molecule has 1 saturated heterocycles. The van der Waals surface area contributed by atoms with Crippen molar-refractivity contribution in [2.45, 2.75) is 25.2 Å². The van der Waals surface area contributed by atoms with Crippen LogP contribution < -0.4 is 16.0 Å². The lowest BCUT2D eigenvalue weighted by atomic mass is 9.74. The van der Waals surface area contributed by atoms with Crippen molar-refractivity contribution in [2.24, 2.45) is 0 Å². The van der Waals surface area contributed by atoms with Crippen molar-refractivity contribution >= 4 is 35.1 Å². The molecular formula is C28H30ClN7O2. The van der Waals surface area contributed by atoms with Crippen LogP contribution in [0.2, 0.25) is 5.02 Å². The Morgan fingerprint density at radius 1 is 1.03 bits per heavy atom. The monoisotopic (exact) mass is 531 g/mol. The Hall–Kier alpha value is -4.00. The number of amides is 2. The second-order valence-corrected chi connectivity index (χ2v) is 9.64. The molecule has 3 aromatic rings. The highest BCUT2D eigenvalue weighted by atomic mass is 35.5. The number of halogens is 1. The number of likely N-dealkylation sites (tertiary alicyclic amines) is 1. The molecule has 1 fully saturated rings. The molecule has 2 heterocycles. The van der Waals surface area contributed by atoms with Crippen LogP contribution in [-0.2, 0) is 15.0 Å². The first-order valence-corrected chi connectivity index (χ1v) is 12.9. The number of rotatable bonds is 9. The number of carbonyl (C=O) groups is 2. The summed E-state index contributed by atoms with van der Waals surface area (Å²) in [5, 5.41) is 19.4. The molecule has 0 bridgehead atoms. The van der Waals surface area contributed by atoms with Crippen LogP contribution in [0.3, 0.4) is 0 Å². The summed E-state index contributed by atoms with van der Waals surface area (Å²) in [6.07, 6.45) is 1.18. The fraction of sp³-hybridized carbons (Fsp3) is 0.321. The van der Waals surface area contributed by atoms with E-state index in [9.17, 15) is 14.9 Å². The predicted molar refractivity (Wildman–Crippen MR) is 148 cm³/mol. The van der Waals surface area contributed by atoms with Gasteiger partial charge in [0, 0.05) is 49.8 Å². The Bertz CT molecular complexity index is 1320. The van der Waals surface area contributed by atoms with Gasteiger partial charge in [0.1, 0.15) is 11.6 Å². The molecule has 1 aliphatic rings. The first-order valence-electron chi connectivity index (χ1n) is 12.5. The molecular weight excluding hydrogens is 502 g/mol. The molecule has 38 heavy (non-hydrogen) atoms. The molecule has 0 spiro atoms. The van der Waals surface area contributed by atoms with Gasteiger partial charge in [0.15, 0.2) is 5.82 Å². The highest BCUT2D eigenvalue weighted by Gasteiger charge is 2.38. The van der Waals surface area contributed by atoms with E-state index >= 15 is 0 Å². The average Bonchev–Trinajstić information content (AvgIpc) is 2.92. The smallest absolute Gasteiger partial charge is 0.239 e. The summed E-state index contributed by atoms with van der Waals surface area (Å²) < 4.78 is 0.